The molecule has 1 aromatic rings. The second-order valence-electron chi connectivity index (χ2n) is 5.24. The largest absolute Gasteiger partial charge is 0.460 e. The zero-order valence-corrected chi connectivity index (χ0v) is 14.3. The monoisotopic (exact) mass is 335 g/mol. The number of hydrogen-bond donors (Lipinski definition) is 2. The quantitative estimate of drug-likeness (QED) is 0.366. The van der Waals surface area contributed by atoms with Crippen molar-refractivity contribution in [3.05, 3.63) is 41.1 Å². The number of nitrogens with one attached hydrogen (secondary N) is 1. The van der Waals surface area contributed by atoms with Crippen molar-refractivity contribution >= 4 is 29.0 Å². The van der Waals surface area contributed by atoms with Gasteiger partial charge in [-0.3, -0.25) is 0 Å². The Morgan fingerprint density at radius 3 is 2.83 bits per heavy atom. The number of ether oxygens (including phenoxy) is 2. The van der Waals surface area contributed by atoms with Crippen molar-refractivity contribution in [1.82, 2.24) is 10.2 Å². The van der Waals surface area contributed by atoms with Gasteiger partial charge in [0.2, 0.25) is 0 Å². The van der Waals surface area contributed by atoms with Gasteiger partial charge in [-0.05, 0) is 36.8 Å². The van der Waals surface area contributed by atoms with Crippen LogP contribution in [-0.2, 0) is 14.3 Å². The highest BCUT2D eigenvalue weighted by Crippen LogP contribution is 2.31. The van der Waals surface area contributed by atoms with Crippen molar-refractivity contribution in [2.45, 2.75) is 13.0 Å². The van der Waals surface area contributed by atoms with E-state index in [1.54, 1.807) is 18.1 Å². The number of methoxy groups -OCH3 is 1. The second kappa shape index (κ2) is 7.43. The summed E-state index contributed by atoms with van der Waals surface area (Å²) >= 11 is 5.34. The van der Waals surface area contributed by atoms with E-state index in [2.05, 4.69) is 5.32 Å². The van der Waals surface area contributed by atoms with Crippen molar-refractivity contribution < 1.29 is 14.3 Å². The van der Waals surface area contributed by atoms with Crippen LogP contribution >= 0.6 is 12.2 Å². The van der Waals surface area contributed by atoms with Crippen molar-refractivity contribution in [2.24, 2.45) is 0 Å². The minimum absolute atomic E-state index is 0.198. The number of carbonyl (C=O) groups is 1. The lowest BCUT2D eigenvalue weighted by atomic mass is 9.95. The smallest absolute Gasteiger partial charge is 0.338 e. The Bertz CT molecular complexity index is 645. The zero-order chi connectivity index (χ0) is 17.0. The molecule has 0 saturated carbocycles. The maximum atomic E-state index is 12.5. The fourth-order valence-corrected chi connectivity index (χ4v) is 2.64. The van der Waals surface area contributed by atoms with Crippen molar-refractivity contribution in [3.63, 3.8) is 0 Å². The van der Waals surface area contributed by atoms with Gasteiger partial charge in [0.1, 0.15) is 6.61 Å². The molecule has 0 amide bonds. The first kappa shape index (κ1) is 17.2. The van der Waals surface area contributed by atoms with Crippen LogP contribution in [0.3, 0.4) is 0 Å². The van der Waals surface area contributed by atoms with Crippen molar-refractivity contribution in [3.8, 4) is 0 Å². The fraction of sp³-hybridized carbons (Fsp3) is 0.375. The summed E-state index contributed by atoms with van der Waals surface area (Å²) in [6.45, 7) is 2.39. The predicted octanol–water partition coefficient (Wildman–Crippen LogP) is 1.59. The van der Waals surface area contributed by atoms with Crippen molar-refractivity contribution in [2.75, 3.05) is 33.1 Å². The van der Waals surface area contributed by atoms with Gasteiger partial charge in [-0.1, -0.05) is 12.1 Å². The number of anilines is 1. The normalized spacial score (nSPS) is 18.0. The number of hydrogen-bond acceptors (Lipinski definition) is 5. The fourth-order valence-electron chi connectivity index (χ4n) is 2.38. The van der Waals surface area contributed by atoms with Crippen LogP contribution in [0.4, 0.5) is 5.69 Å². The van der Waals surface area contributed by atoms with Gasteiger partial charge in [-0.15, -0.1) is 0 Å². The van der Waals surface area contributed by atoms with Gasteiger partial charge in [0.15, 0.2) is 5.11 Å². The van der Waals surface area contributed by atoms with E-state index >= 15 is 0 Å². The zero-order valence-electron chi connectivity index (χ0n) is 13.5. The summed E-state index contributed by atoms with van der Waals surface area (Å²) in [5.74, 6) is -0.395. The third-order valence-corrected chi connectivity index (χ3v) is 4.13. The molecule has 0 saturated heterocycles. The van der Waals surface area contributed by atoms with Crippen LogP contribution in [0.1, 0.15) is 18.5 Å². The third kappa shape index (κ3) is 3.80. The molecule has 1 atom stereocenters. The number of rotatable bonds is 5. The number of benzene rings is 1. The summed E-state index contributed by atoms with van der Waals surface area (Å²) in [5.41, 5.74) is 8.62. The second-order valence-corrected chi connectivity index (χ2v) is 5.63. The van der Waals surface area contributed by atoms with Gasteiger partial charge < -0.3 is 25.4 Å². The first-order chi connectivity index (χ1) is 11.0. The summed E-state index contributed by atoms with van der Waals surface area (Å²) in [5, 5.41) is 3.72. The van der Waals surface area contributed by atoms with E-state index < -0.39 is 12.0 Å². The molecule has 2 rings (SSSR count). The van der Waals surface area contributed by atoms with E-state index in [4.69, 9.17) is 27.4 Å². The minimum Gasteiger partial charge on any atom is -0.460 e. The van der Waals surface area contributed by atoms with Gasteiger partial charge in [-0.25, -0.2) is 4.79 Å². The van der Waals surface area contributed by atoms with E-state index in [-0.39, 0.29) is 6.61 Å². The molecule has 0 aliphatic carbocycles. The average molecular weight is 335 g/mol. The molecular formula is C16H21N3O3S. The van der Waals surface area contributed by atoms with Gasteiger partial charge in [0.05, 0.1) is 18.2 Å². The van der Waals surface area contributed by atoms with E-state index in [9.17, 15) is 4.79 Å². The van der Waals surface area contributed by atoms with Gasteiger partial charge in [0, 0.05) is 25.5 Å². The number of thiocarbonyl (C=S) groups is 1. The molecule has 3 N–H and O–H groups in total. The summed E-state index contributed by atoms with van der Waals surface area (Å²) in [7, 11) is 3.37. The highest BCUT2D eigenvalue weighted by Gasteiger charge is 2.33. The van der Waals surface area contributed by atoms with E-state index in [0.29, 0.717) is 23.0 Å². The molecule has 1 aromatic carbocycles. The number of allylic oxidation sites excluding steroid dienone is 1. The summed E-state index contributed by atoms with van der Waals surface area (Å²) in [6.07, 6.45) is 0. The third-order valence-electron chi connectivity index (χ3n) is 3.74. The molecule has 1 heterocycles. The van der Waals surface area contributed by atoms with Gasteiger partial charge in [0.25, 0.3) is 0 Å². The molecule has 0 spiro atoms. The van der Waals surface area contributed by atoms with Crippen LogP contribution in [-0.4, -0.2) is 43.4 Å². The Balaban J connectivity index is 2.38. The van der Waals surface area contributed by atoms with Crippen LogP contribution in [0.25, 0.3) is 0 Å². The van der Waals surface area contributed by atoms with Gasteiger partial charge >= 0.3 is 5.97 Å². The maximum absolute atomic E-state index is 12.5. The topological polar surface area (TPSA) is 76.8 Å². The van der Waals surface area contributed by atoms with Crippen LogP contribution in [0.2, 0.25) is 0 Å². The molecule has 7 heteroatoms. The number of carbonyl (C=O) groups excluding carboxylic acids is 1. The van der Waals surface area contributed by atoms with E-state index in [0.717, 1.165) is 11.3 Å². The van der Waals surface area contributed by atoms with Crippen molar-refractivity contribution in [1.29, 1.82) is 0 Å². The summed E-state index contributed by atoms with van der Waals surface area (Å²) < 4.78 is 10.2. The lowest BCUT2D eigenvalue weighted by Gasteiger charge is -2.35. The molecule has 0 unspecified atom stereocenters. The molecule has 23 heavy (non-hydrogen) atoms. The first-order valence-corrected chi connectivity index (χ1v) is 7.63. The first-order valence-electron chi connectivity index (χ1n) is 7.22. The van der Waals surface area contributed by atoms with Crippen LogP contribution in [0.5, 0.6) is 0 Å². The average Bonchev–Trinajstić information content (AvgIpc) is 2.52. The Labute approximate surface area is 141 Å². The number of nitrogens with two attached hydrogens (primary N) is 1. The Morgan fingerprint density at radius 2 is 2.17 bits per heavy atom. The van der Waals surface area contributed by atoms with Crippen LogP contribution in [0.15, 0.2) is 35.5 Å². The van der Waals surface area contributed by atoms with Crippen LogP contribution < -0.4 is 11.1 Å². The standard InChI is InChI=1S/C16H21N3O3S/c1-10-13(15(20)22-8-7-21-3)14(18-16(23)19(10)2)11-5-4-6-12(17)9-11/h4-6,9,14H,7-8,17H2,1-3H3,(H,18,23)/t14-/m1/s1. The van der Waals surface area contributed by atoms with Crippen LogP contribution in [0, 0.1) is 0 Å². The van der Waals surface area contributed by atoms with E-state index in [1.807, 2.05) is 32.2 Å². The molecule has 6 nitrogen and oxygen atoms in total. The lowest BCUT2D eigenvalue weighted by molar-refractivity contribution is -0.140. The van der Waals surface area contributed by atoms with E-state index in [1.165, 1.54) is 0 Å². The number of esters is 1. The summed E-state index contributed by atoms with van der Waals surface area (Å²) in [4.78, 5) is 14.3. The molecule has 1 aliphatic rings. The van der Waals surface area contributed by atoms with Gasteiger partial charge in [-0.2, -0.15) is 0 Å². The molecule has 0 aromatic heterocycles. The Hall–Kier alpha value is -2.12. The molecule has 0 fully saturated rings. The molecule has 1 aliphatic heterocycles. The predicted molar refractivity (Wildman–Crippen MR) is 92.6 cm³/mol. The Kier molecular flexibility index (Phi) is 5.57. The molecular weight excluding hydrogens is 314 g/mol. The Morgan fingerprint density at radius 1 is 1.43 bits per heavy atom. The number of nitrogens with zero attached hydrogens (tertiary/aromatic N) is 1. The maximum Gasteiger partial charge on any atom is 0.338 e. The minimum atomic E-state index is -0.395. The molecule has 0 bridgehead atoms. The lowest BCUT2D eigenvalue weighted by Crippen LogP contribution is -2.46. The molecule has 124 valence electrons. The summed E-state index contributed by atoms with van der Waals surface area (Å²) in [6, 6.07) is 6.97. The highest BCUT2D eigenvalue weighted by molar-refractivity contribution is 7.80. The highest BCUT2D eigenvalue weighted by atomic mass is 32.1. The SMILES string of the molecule is COCCOC(=O)C1=C(C)N(C)C(=S)N[C@@H]1c1cccc(N)c1. The number of nitrogen functional groups attached to an aromatic ring is 1. The molecule has 0 radical (unpaired) electrons.